The molecule has 0 heterocycles. The lowest BCUT2D eigenvalue weighted by molar-refractivity contribution is 0.0241. The zero-order chi connectivity index (χ0) is 16.4. The van der Waals surface area contributed by atoms with Crippen molar-refractivity contribution in [1.82, 2.24) is 0 Å². The van der Waals surface area contributed by atoms with E-state index in [0.29, 0.717) is 0 Å². The van der Waals surface area contributed by atoms with Crippen molar-refractivity contribution >= 4 is 46.4 Å². The summed E-state index contributed by atoms with van der Waals surface area (Å²) in [5, 5.41) is -6.16. The second kappa shape index (κ2) is 10.8. The zero-order valence-electron chi connectivity index (χ0n) is 7.99. The van der Waals surface area contributed by atoms with Gasteiger partial charge in [0.05, 0.1) is 0 Å². The summed E-state index contributed by atoms with van der Waals surface area (Å²) >= 11 is 16.6. The second-order valence-electron chi connectivity index (χ2n) is 1.92. The van der Waals surface area contributed by atoms with E-state index in [1.165, 1.54) is 0 Å². The molecule has 0 saturated carbocycles. The highest BCUT2D eigenvalue weighted by atomic mass is 35.5. The Hall–Kier alpha value is 0.01000. The molecule has 0 saturated heterocycles. The molecule has 0 nitrogen and oxygen atoms in total. The van der Waals surface area contributed by atoms with Crippen molar-refractivity contribution in [2.75, 3.05) is 0 Å². The predicted molar refractivity (Wildman–Crippen MR) is 54.0 cm³/mol. The molecule has 0 N–H and O–H groups in total. The Morgan fingerprint density at radius 2 is 1.00 bits per heavy atom. The monoisotopic (exact) mass is 384 g/mol. The average molecular weight is 386 g/mol. The standard InChI is InChI=1S/C2Cl3F3.C2ClF3.C2HF3/c3-1(4,6)2(5,7)8;3-1(4)2(5)6;3-1-2(4)5/h;;1H. The van der Waals surface area contributed by atoms with E-state index in [1.54, 1.807) is 0 Å². The molecule has 0 aliphatic carbocycles. The Balaban J connectivity index is -0.000000209. The van der Waals surface area contributed by atoms with Gasteiger partial charge in [-0.1, -0.05) is 23.2 Å². The zero-order valence-corrected chi connectivity index (χ0v) is 11.0. The first-order valence-electron chi connectivity index (χ1n) is 3.27. The van der Waals surface area contributed by atoms with Gasteiger partial charge in [0.2, 0.25) is 0 Å². The van der Waals surface area contributed by atoms with Gasteiger partial charge in [0, 0.05) is 0 Å². The molecule has 0 aromatic carbocycles. The van der Waals surface area contributed by atoms with Crippen LogP contribution in [0.3, 0.4) is 0 Å². The summed E-state index contributed by atoms with van der Waals surface area (Å²) in [6, 6.07) is 0. The highest BCUT2D eigenvalue weighted by Crippen LogP contribution is 2.42. The molecule has 0 rings (SSSR count). The number of hydrogen-bond acceptors (Lipinski definition) is 0. The third-order valence-electron chi connectivity index (χ3n) is 0.547. The van der Waals surface area contributed by atoms with E-state index in [1.807, 2.05) is 0 Å². The lowest BCUT2D eigenvalue weighted by Crippen LogP contribution is -2.27. The van der Waals surface area contributed by atoms with Gasteiger partial charge in [0.1, 0.15) is 0 Å². The average Bonchev–Trinajstić information content (AvgIpc) is 2.16. The van der Waals surface area contributed by atoms with Crippen LogP contribution < -0.4 is 0 Å². The van der Waals surface area contributed by atoms with Crippen molar-refractivity contribution in [1.29, 1.82) is 0 Å². The van der Waals surface area contributed by atoms with Crippen LogP contribution in [0.4, 0.5) is 39.5 Å². The molecule has 0 aromatic rings. The van der Waals surface area contributed by atoms with Gasteiger partial charge in [-0.05, 0) is 23.2 Å². The molecule has 0 unspecified atom stereocenters. The first-order valence-corrected chi connectivity index (χ1v) is 4.79. The molecule has 13 heteroatoms. The molecule has 0 aliphatic rings. The van der Waals surface area contributed by atoms with Crippen LogP contribution in [0.1, 0.15) is 0 Å². The van der Waals surface area contributed by atoms with Crippen LogP contribution in [0.5, 0.6) is 0 Å². The molecule has 0 bridgehead atoms. The van der Waals surface area contributed by atoms with Gasteiger partial charge in [-0.3, -0.25) is 0 Å². The summed E-state index contributed by atoms with van der Waals surface area (Å²) in [7, 11) is 0. The van der Waals surface area contributed by atoms with E-state index in [9.17, 15) is 39.5 Å². The van der Waals surface area contributed by atoms with Crippen LogP contribution in [-0.2, 0) is 0 Å². The molecule has 0 aromatic heterocycles. The molecule has 0 aliphatic heterocycles. The Bertz CT molecular complexity index is 269. The third kappa shape index (κ3) is 20.5. The SMILES string of the molecule is FC(F)(Cl)C(F)(Cl)Cl.FC(F)=C(F)Cl.FC=C(F)F. The van der Waals surface area contributed by atoms with Crippen molar-refractivity contribution < 1.29 is 39.5 Å². The maximum Gasteiger partial charge on any atom is 0.383 e. The highest BCUT2D eigenvalue weighted by Gasteiger charge is 2.51. The summed E-state index contributed by atoms with van der Waals surface area (Å²) in [6.07, 6.45) is -5.51. The van der Waals surface area contributed by atoms with Crippen molar-refractivity contribution in [3.63, 3.8) is 0 Å². The number of hydrogen-bond donors (Lipinski definition) is 0. The van der Waals surface area contributed by atoms with Crippen LogP contribution in [-0.4, -0.2) is 9.97 Å². The minimum Gasteiger partial charge on any atom is -0.210 e. The molecule has 0 spiro atoms. The predicted octanol–water partition coefficient (Wildman–Crippen LogP) is 6.87. The van der Waals surface area contributed by atoms with Gasteiger partial charge >= 0.3 is 16.0 Å². The van der Waals surface area contributed by atoms with E-state index in [4.69, 9.17) is 0 Å². The second-order valence-corrected chi connectivity index (χ2v) is 3.96. The molecule has 0 atom stereocenters. The maximum absolute atomic E-state index is 11.5. The number of alkyl halides is 6. The maximum atomic E-state index is 11.5. The lowest BCUT2D eigenvalue weighted by Gasteiger charge is -2.13. The lowest BCUT2D eigenvalue weighted by atomic mass is 10.8. The minimum absolute atomic E-state index is 0.750. The molecular formula is C6HCl4F9. The summed E-state index contributed by atoms with van der Waals surface area (Å²) in [5.41, 5.74) is 0. The van der Waals surface area contributed by atoms with Crippen molar-refractivity contribution in [3.05, 3.63) is 23.8 Å². The van der Waals surface area contributed by atoms with Gasteiger partial charge in [0.15, 0.2) is 6.33 Å². The molecular weight excluding hydrogens is 385 g/mol. The summed E-state index contributed by atoms with van der Waals surface area (Å²) in [4.78, 5) is 0. The van der Waals surface area contributed by atoms with Gasteiger partial charge in [-0.15, -0.1) is 0 Å². The highest BCUT2D eigenvalue weighted by molar-refractivity contribution is 6.51. The van der Waals surface area contributed by atoms with E-state index >= 15 is 0 Å². The molecule has 0 radical (unpaired) electrons. The molecule has 19 heavy (non-hydrogen) atoms. The van der Waals surface area contributed by atoms with Crippen LogP contribution >= 0.6 is 46.4 Å². The Morgan fingerprint density at radius 1 is 0.842 bits per heavy atom. The van der Waals surface area contributed by atoms with Gasteiger partial charge in [0.25, 0.3) is 11.4 Å². The van der Waals surface area contributed by atoms with Crippen LogP contribution in [0, 0.1) is 0 Å². The minimum atomic E-state index is -4.23. The van der Waals surface area contributed by atoms with Crippen LogP contribution in [0.25, 0.3) is 0 Å². The summed E-state index contributed by atoms with van der Waals surface area (Å²) in [6.45, 7) is 0. The van der Waals surface area contributed by atoms with E-state index < -0.39 is 33.7 Å². The van der Waals surface area contributed by atoms with Crippen molar-refractivity contribution in [2.24, 2.45) is 0 Å². The fourth-order valence-corrected chi connectivity index (χ4v) is 0. The van der Waals surface area contributed by atoms with Gasteiger partial charge in [-0.25, -0.2) is 4.39 Å². The van der Waals surface area contributed by atoms with Crippen molar-refractivity contribution in [2.45, 2.75) is 9.97 Å². The fourth-order valence-electron chi connectivity index (χ4n) is 0. The Morgan fingerprint density at radius 3 is 1.00 bits per heavy atom. The van der Waals surface area contributed by atoms with Crippen LogP contribution in [0.2, 0.25) is 0 Å². The third-order valence-corrected chi connectivity index (χ3v) is 1.62. The van der Waals surface area contributed by atoms with Gasteiger partial charge in [-0.2, -0.15) is 35.1 Å². The smallest absolute Gasteiger partial charge is 0.210 e. The van der Waals surface area contributed by atoms with Crippen molar-refractivity contribution in [3.8, 4) is 0 Å². The number of rotatable bonds is 1. The van der Waals surface area contributed by atoms with E-state index in [-0.39, 0.29) is 0 Å². The largest absolute Gasteiger partial charge is 0.383 e. The topological polar surface area (TPSA) is 0 Å². The van der Waals surface area contributed by atoms with Gasteiger partial charge < -0.3 is 0 Å². The number of halogens is 13. The Kier molecular flexibility index (Phi) is 13.6. The van der Waals surface area contributed by atoms with E-state index in [2.05, 4.69) is 46.4 Å². The molecule has 0 amide bonds. The molecule has 116 valence electrons. The van der Waals surface area contributed by atoms with E-state index in [0.717, 1.165) is 0 Å². The Labute approximate surface area is 120 Å². The summed E-state index contributed by atoms with van der Waals surface area (Å²) in [5.74, 6) is 0. The normalized spacial score (nSPS) is 10.4. The molecule has 0 fully saturated rings. The quantitative estimate of drug-likeness (QED) is 0.341. The fraction of sp³-hybridized carbons (Fsp3) is 0.333. The first-order chi connectivity index (χ1) is 8.16. The van der Waals surface area contributed by atoms with Crippen LogP contribution in [0.15, 0.2) is 23.8 Å². The summed E-state index contributed by atoms with van der Waals surface area (Å²) < 4.78 is 93.1. The first kappa shape index (κ1) is 24.1.